The molecular weight excluding hydrogens is 163 g/mol. The van der Waals surface area contributed by atoms with Gasteiger partial charge in [-0.15, -0.1) is 0 Å². The van der Waals surface area contributed by atoms with Gasteiger partial charge in [-0.1, -0.05) is 11.5 Å². The van der Waals surface area contributed by atoms with Crippen molar-refractivity contribution in [2.24, 2.45) is 0 Å². The smallest absolute Gasteiger partial charge is 0.166 e. The third kappa shape index (κ3) is 1.59. The quantitative estimate of drug-likeness (QED) is 0.542. The van der Waals surface area contributed by atoms with Crippen molar-refractivity contribution in [1.82, 2.24) is 0 Å². The molecule has 0 saturated heterocycles. The van der Waals surface area contributed by atoms with Gasteiger partial charge in [0.2, 0.25) is 0 Å². The van der Waals surface area contributed by atoms with Gasteiger partial charge in [0.05, 0.1) is 12.2 Å². The highest BCUT2D eigenvalue weighted by Crippen LogP contribution is 2.22. The molecule has 1 heterocycles. The number of Topliss-reactive ketones (excluding diaryl/α,β-unsaturated/α-hetero) is 1. The van der Waals surface area contributed by atoms with E-state index in [1.165, 1.54) is 0 Å². The Balaban J connectivity index is 2.48. The van der Waals surface area contributed by atoms with Gasteiger partial charge < -0.3 is 4.74 Å². The lowest BCUT2D eigenvalue weighted by atomic mass is 9.93. The van der Waals surface area contributed by atoms with Crippen LogP contribution in [0.1, 0.15) is 23.2 Å². The Kier molecular flexibility index (Phi) is 2.09. The van der Waals surface area contributed by atoms with Crippen LogP contribution in [0.5, 0.6) is 5.75 Å². The molecular formula is C10H9BO2. The first-order chi connectivity index (χ1) is 6.27. The summed E-state index contributed by atoms with van der Waals surface area (Å²) in [6.45, 7) is 0.599. The fraction of sp³-hybridized carbons (Fsp3) is 0.300. The Labute approximate surface area is 78.3 Å². The van der Waals surface area contributed by atoms with Crippen LogP contribution in [0.2, 0.25) is 0 Å². The van der Waals surface area contributed by atoms with Crippen LogP contribution in [0.4, 0.5) is 0 Å². The number of ether oxygens (including phenoxy) is 1. The number of rotatable bonds is 0. The molecule has 2 nitrogen and oxygen atoms in total. The Morgan fingerprint density at radius 3 is 3.08 bits per heavy atom. The zero-order chi connectivity index (χ0) is 9.26. The second-order valence-electron chi connectivity index (χ2n) is 3.13. The number of benzene rings is 1. The number of fused-ring (bicyclic) bond motifs is 1. The molecule has 1 aromatic rings. The molecule has 0 aromatic heterocycles. The molecule has 0 saturated carbocycles. The van der Waals surface area contributed by atoms with Crippen LogP contribution in [0.15, 0.2) is 18.2 Å². The minimum absolute atomic E-state index is 0.146. The molecule has 1 aromatic carbocycles. The zero-order valence-electron chi connectivity index (χ0n) is 7.25. The maximum atomic E-state index is 11.5. The Morgan fingerprint density at radius 2 is 2.23 bits per heavy atom. The maximum absolute atomic E-state index is 11.5. The summed E-state index contributed by atoms with van der Waals surface area (Å²) in [4.78, 5) is 11.5. The molecule has 0 fully saturated rings. The van der Waals surface area contributed by atoms with E-state index in [9.17, 15) is 4.79 Å². The standard InChI is InChI=1S/C10H9BO2/c11-7-3-4-8-9(12)2-1-5-13-10(8)6-7/h3-4,6H,1-2,5H2. The fourth-order valence-electron chi connectivity index (χ4n) is 1.44. The first-order valence-corrected chi connectivity index (χ1v) is 4.33. The largest absolute Gasteiger partial charge is 0.493 e. The second kappa shape index (κ2) is 3.25. The molecule has 0 N–H and O–H groups in total. The number of hydrogen-bond donors (Lipinski definition) is 0. The average molecular weight is 172 g/mol. The van der Waals surface area contributed by atoms with Gasteiger partial charge in [-0.3, -0.25) is 4.79 Å². The summed E-state index contributed by atoms with van der Waals surface area (Å²) in [6.07, 6.45) is 1.35. The van der Waals surface area contributed by atoms with Crippen molar-refractivity contribution in [3.05, 3.63) is 23.8 Å². The van der Waals surface area contributed by atoms with Gasteiger partial charge in [-0.05, 0) is 18.6 Å². The lowest BCUT2D eigenvalue weighted by Crippen LogP contribution is -2.06. The van der Waals surface area contributed by atoms with Crippen molar-refractivity contribution in [1.29, 1.82) is 0 Å². The van der Waals surface area contributed by atoms with E-state index in [-0.39, 0.29) is 5.78 Å². The molecule has 1 aliphatic rings. The summed E-state index contributed by atoms with van der Waals surface area (Å²) < 4.78 is 5.40. The van der Waals surface area contributed by atoms with Crippen LogP contribution in [0.25, 0.3) is 0 Å². The molecule has 64 valence electrons. The van der Waals surface area contributed by atoms with Crippen LogP contribution < -0.4 is 10.2 Å². The van der Waals surface area contributed by atoms with Gasteiger partial charge in [-0.2, -0.15) is 0 Å². The highest BCUT2D eigenvalue weighted by atomic mass is 16.5. The Morgan fingerprint density at radius 1 is 1.38 bits per heavy atom. The lowest BCUT2D eigenvalue weighted by Gasteiger charge is -2.06. The van der Waals surface area contributed by atoms with Crippen molar-refractivity contribution in [3.8, 4) is 5.75 Å². The van der Waals surface area contributed by atoms with Crippen molar-refractivity contribution in [3.63, 3.8) is 0 Å². The van der Waals surface area contributed by atoms with Gasteiger partial charge in [0.15, 0.2) is 5.78 Å². The minimum Gasteiger partial charge on any atom is -0.493 e. The minimum atomic E-state index is 0.146. The molecule has 13 heavy (non-hydrogen) atoms. The molecule has 2 radical (unpaired) electrons. The summed E-state index contributed by atoms with van der Waals surface area (Å²) in [7, 11) is 5.59. The Hall–Kier alpha value is -1.25. The summed E-state index contributed by atoms with van der Waals surface area (Å²) in [5.74, 6) is 0.773. The topological polar surface area (TPSA) is 26.3 Å². The summed E-state index contributed by atoms with van der Waals surface area (Å²) in [5, 5.41) is 0. The van der Waals surface area contributed by atoms with Gasteiger partial charge in [0, 0.05) is 6.42 Å². The normalized spacial score (nSPS) is 15.8. The molecule has 3 heteroatoms. The highest BCUT2D eigenvalue weighted by molar-refractivity contribution is 6.32. The predicted molar refractivity (Wildman–Crippen MR) is 50.9 cm³/mol. The first kappa shape index (κ1) is 8.36. The number of ketones is 1. The van der Waals surface area contributed by atoms with E-state index in [0.717, 1.165) is 6.42 Å². The van der Waals surface area contributed by atoms with Gasteiger partial charge in [-0.25, -0.2) is 0 Å². The first-order valence-electron chi connectivity index (χ1n) is 4.33. The SMILES string of the molecule is [B]c1ccc2c(c1)OCCCC2=O. The van der Waals surface area contributed by atoms with Gasteiger partial charge >= 0.3 is 0 Å². The fourth-order valence-corrected chi connectivity index (χ4v) is 1.44. The van der Waals surface area contributed by atoms with Gasteiger partial charge in [0.25, 0.3) is 0 Å². The third-order valence-electron chi connectivity index (χ3n) is 2.11. The Bertz CT molecular complexity index is 347. The van der Waals surface area contributed by atoms with Crippen LogP contribution in [0.3, 0.4) is 0 Å². The average Bonchev–Trinajstić information content (AvgIpc) is 2.28. The monoisotopic (exact) mass is 172 g/mol. The maximum Gasteiger partial charge on any atom is 0.166 e. The molecule has 2 rings (SSSR count). The van der Waals surface area contributed by atoms with Crippen LogP contribution >= 0.6 is 0 Å². The molecule has 0 atom stereocenters. The number of carbonyl (C=O) groups is 1. The van der Waals surface area contributed by atoms with E-state index >= 15 is 0 Å². The predicted octanol–water partition coefficient (Wildman–Crippen LogP) is 0.836. The van der Waals surface area contributed by atoms with Crippen LogP contribution in [-0.2, 0) is 0 Å². The molecule has 1 aliphatic heterocycles. The number of hydrogen-bond acceptors (Lipinski definition) is 2. The zero-order valence-corrected chi connectivity index (χ0v) is 7.25. The van der Waals surface area contributed by atoms with Crippen LogP contribution in [0, 0.1) is 0 Å². The van der Waals surface area contributed by atoms with Crippen molar-refractivity contribution >= 4 is 19.1 Å². The van der Waals surface area contributed by atoms with E-state index in [1.54, 1.807) is 18.2 Å². The molecule has 0 bridgehead atoms. The van der Waals surface area contributed by atoms with E-state index in [2.05, 4.69) is 0 Å². The van der Waals surface area contributed by atoms with E-state index < -0.39 is 0 Å². The molecule has 0 aliphatic carbocycles. The van der Waals surface area contributed by atoms with Gasteiger partial charge in [0.1, 0.15) is 13.6 Å². The molecule has 0 amide bonds. The second-order valence-corrected chi connectivity index (χ2v) is 3.13. The molecule has 0 spiro atoms. The van der Waals surface area contributed by atoms with Crippen molar-refractivity contribution in [2.45, 2.75) is 12.8 Å². The summed E-state index contributed by atoms with van der Waals surface area (Å²) >= 11 is 0. The lowest BCUT2D eigenvalue weighted by molar-refractivity contribution is 0.0983. The highest BCUT2D eigenvalue weighted by Gasteiger charge is 2.15. The van der Waals surface area contributed by atoms with Crippen molar-refractivity contribution < 1.29 is 9.53 Å². The summed E-state index contributed by atoms with van der Waals surface area (Å²) in [6, 6.07) is 5.17. The number of carbonyl (C=O) groups excluding carboxylic acids is 1. The molecule has 0 unspecified atom stereocenters. The third-order valence-corrected chi connectivity index (χ3v) is 2.11. The van der Waals surface area contributed by atoms with E-state index in [0.29, 0.717) is 29.8 Å². The van der Waals surface area contributed by atoms with Crippen molar-refractivity contribution in [2.75, 3.05) is 6.61 Å². The summed E-state index contributed by atoms with van der Waals surface area (Å²) in [5.41, 5.74) is 1.29. The van der Waals surface area contributed by atoms with E-state index in [1.807, 2.05) is 0 Å². The van der Waals surface area contributed by atoms with Crippen LogP contribution in [-0.4, -0.2) is 20.2 Å². The van der Waals surface area contributed by atoms with E-state index in [4.69, 9.17) is 12.6 Å².